The lowest BCUT2D eigenvalue weighted by atomic mass is 9.88. The highest BCUT2D eigenvalue weighted by atomic mass is 16.2. The van der Waals surface area contributed by atoms with Gasteiger partial charge >= 0.3 is 0 Å². The largest absolute Gasteiger partial charge is 0.285 e. The van der Waals surface area contributed by atoms with Gasteiger partial charge in [-0.3, -0.25) is 14.5 Å². The van der Waals surface area contributed by atoms with Crippen molar-refractivity contribution in [1.29, 1.82) is 0 Å². The first kappa shape index (κ1) is 15.7. The minimum atomic E-state index is -0.148. The van der Waals surface area contributed by atoms with Crippen LogP contribution in [0.2, 0.25) is 0 Å². The minimum Gasteiger partial charge on any atom is -0.285 e. The zero-order valence-corrected chi connectivity index (χ0v) is 12.3. The molecular weight excluding hydrogens is 238 g/mol. The summed E-state index contributed by atoms with van der Waals surface area (Å²) in [5.74, 6) is -0.0263. The van der Waals surface area contributed by atoms with Crippen molar-refractivity contribution in [3.8, 4) is 0 Å². The third-order valence-corrected chi connectivity index (χ3v) is 3.69. The summed E-state index contributed by atoms with van der Waals surface area (Å²) < 4.78 is 0. The van der Waals surface area contributed by atoms with Crippen molar-refractivity contribution in [2.24, 2.45) is 11.8 Å². The molecule has 106 valence electrons. The molecule has 0 aromatic rings. The number of carbonyl (C=O) groups is 2. The lowest BCUT2D eigenvalue weighted by molar-refractivity contribution is -0.138. The zero-order valence-electron chi connectivity index (χ0n) is 12.3. The fourth-order valence-corrected chi connectivity index (χ4v) is 2.42. The molecule has 1 saturated heterocycles. The normalized spacial score (nSPS) is 22.1. The molecule has 2 unspecified atom stereocenters. The second-order valence-electron chi connectivity index (χ2n) is 5.06. The Morgan fingerprint density at radius 1 is 1.21 bits per heavy atom. The van der Waals surface area contributed by atoms with E-state index >= 15 is 0 Å². The van der Waals surface area contributed by atoms with Gasteiger partial charge in [-0.15, -0.1) is 0 Å². The van der Waals surface area contributed by atoms with Crippen molar-refractivity contribution >= 4 is 11.8 Å². The maximum atomic E-state index is 12.0. The Morgan fingerprint density at radius 3 is 2.42 bits per heavy atom. The molecule has 2 amide bonds. The van der Waals surface area contributed by atoms with E-state index in [2.05, 4.69) is 38.2 Å². The molecule has 1 aliphatic heterocycles. The monoisotopic (exact) mass is 263 g/mol. The number of nitrogens with zero attached hydrogens (tertiary/aromatic N) is 1. The van der Waals surface area contributed by atoms with E-state index in [9.17, 15) is 9.59 Å². The molecule has 0 N–H and O–H groups in total. The number of carbonyl (C=O) groups excluding carboxylic acids is 2. The van der Waals surface area contributed by atoms with Gasteiger partial charge in [0, 0.05) is 13.5 Å². The number of imide groups is 1. The van der Waals surface area contributed by atoms with Crippen molar-refractivity contribution in [1.82, 2.24) is 4.90 Å². The number of rotatable bonds is 7. The van der Waals surface area contributed by atoms with Crippen LogP contribution in [0.15, 0.2) is 24.3 Å². The summed E-state index contributed by atoms with van der Waals surface area (Å²) in [7, 11) is 1.58. The van der Waals surface area contributed by atoms with Gasteiger partial charge < -0.3 is 0 Å². The number of likely N-dealkylation sites (tertiary alicyclic amines) is 1. The van der Waals surface area contributed by atoms with Gasteiger partial charge in [0.05, 0.1) is 5.92 Å². The van der Waals surface area contributed by atoms with Gasteiger partial charge in [0.25, 0.3) is 0 Å². The smallest absolute Gasteiger partial charge is 0.233 e. The van der Waals surface area contributed by atoms with Crippen LogP contribution in [0.25, 0.3) is 0 Å². The van der Waals surface area contributed by atoms with Crippen LogP contribution >= 0.6 is 0 Å². The topological polar surface area (TPSA) is 37.4 Å². The summed E-state index contributed by atoms with van der Waals surface area (Å²) in [6.07, 6.45) is 13.0. The van der Waals surface area contributed by atoms with Crippen molar-refractivity contribution in [3.63, 3.8) is 0 Å². The lowest BCUT2D eigenvalue weighted by Crippen LogP contribution is -2.28. The van der Waals surface area contributed by atoms with E-state index in [0.29, 0.717) is 6.42 Å². The SMILES string of the molecule is CC/C=C/CC/C=C/C(CC)C1CC(=O)N(C)C1=O. The Morgan fingerprint density at radius 2 is 1.89 bits per heavy atom. The van der Waals surface area contributed by atoms with E-state index in [0.717, 1.165) is 25.7 Å². The summed E-state index contributed by atoms with van der Waals surface area (Å²) in [5.41, 5.74) is 0. The van der Waals surface area contributed by atoms with Gasteiger partial charge in [0.1, 0.15) is 0 Å². The molecule has 1 fully saturated rings. The van der Waals surface area contributed by atoms with Crippen LogP contribution in [0.3, 0.4) is 0 Å². The first-order valence-corrected chi connectivity index (χ1v) is 7.23. The van der Waals surface area contributed by atoms with Crippen LogP contribution in [0.5, 0.6) is 0 Å². The Balaban J connectivity index is 2.50. The first-order valence-electron chi connectivity index (χ1n) is 7.23. The summed E-state index contributed by atoms with van der Waals surface area (Å²) in [5, 5.41) is 0. The van der Waals surface area contributed by atoms with Gasteiger partial charge in [-0.25, -0.2) is 0 Å². The Bertz CT molecular complexity index is 371. The Hall–Kier alpha value is -1.38. The number of unbranched alkanes of at least 4 members (excludes halogenated alkanes) is 1. The minimum absolute atomic E-state index is 0.0209. The molecule has 1 heterocycles. The summed E-state index contributed by atoms with van der Waals surface area (Å²) in [6, 6.07) is 0. The predicted molar refractivity (Wildman–Crippen MR) is 77.5 cm³/mol. The van der Waals surface area contributed by atoms with Crippen molar-refractivity contribution in [2.45, 2.75) is 46.0 Å². The second kappa shape index (κ2) is 7.93. The zero-order chi connectivity index (χ0) is 14.3. The van der Waals surface area contributed by atoms with E-state index in [-0.39, 0.29) is 23.7 Å². The molecule has 1 aliphatic rings. The fourth-order valence-electron chi connectivity index (χ4n) is 2.42. The van der Waals surface area contributed by atoms with Crippen molar-refractivity contribution < 1.29 is 9.59 Å². The molecule has 1 rings (SSSR count). The maximum Gasteiger partial charge on any atom is 0.233 e. The lowest BCUT2D eigenvalue weighted by Gasteiger charge is -2.16. The van der Waals surface area contributed by atoms with Crippen LogP contribution in [-0.2, 0) is 9.59 Å². The average Bonchev–Trinajstić information content (AvgIpc) is 2.66. The standard InChI is InChI=1S/C16H25NO2/c1-4-6-7-8-9-10-11-13(5-2)14-12-15(18)17(3)16(14)19/h6-7,10-11,13-14H,4-5,8-9,12H2,1-3H3/b7-6+,11-10+. The van der Waals surface area contributed by atoms with E-state index in [1.54, 1.807) is 7.05 Å². The fraction of sp³-hybridized carbons (Fsp3) is 0.625. The van der Waals surface area contributed by atoms with E-state index < -0.39 is 0 Å². The number of hydrogen-bond acceptors (Lipinski definition) is 2. The van der Waals surface area contributed by atoms with Gasteiger partial charge in [-0.2, -0.15) is 0 Å². The maximum absolute atomic E-state index is 12.0. The molecule has 0 radical (unpaired) electrons. The van der Waals surface area contributed by atoms with Gasteiger partial charge in [-0.1, -0.05) is 38.2 Å². The average molecular weight is 263 g/mol. The molecule has 19 heavy (non-hydrogen) atoms. The van der Waals surface area contributed by atoms with E-state index in [4.69, 9.17) is 0 Å². The van der Waals surface area contributed by atoms with Gasteiger partial charge in [0.2, 0.25) is 11.8 Å². The van der Waals surface area contributed by atoms with E-state index in [1.807, 2.05) is 0 Å². The third-order valence-electron chi connectivity index (χ3n) is 3.69. The van der Waals surface area contributed by atoms with Crippen LogP contribution in [0.1, 0.15) is 46.0 Å². The molecule has 3 heteroatoms. The number of amides is 2. The Kier molecular flexibility index (Phi) is 6.54. The van der Waals surface area contributed by atoms with E-state index in [1.165, 1.54) is 4.90 Å². The molecule has 2 atom stereocenters. The predicted octanol–water partition coefficient (Wildman–Crippen LogP) is 3.32. The summed E-state index contributed by atoms with van der Waals surface area (Å²) in [4.78, 5) is 24.8. The molecule has 0 aliphatic carbocycles. The third kappa shape index (κ3) is 4.34. The quantitative estimate of drug-likeness (QED) is 0.401. The van der Waals surface area contributed by atoms with Crippen molar-refractivity contribution in [2.75, 3.05) is 7.05 Å². The first-order chi connectivity index (χ1) is 9.11. The highest BCUT2D eigenvalue weighted by Crippen LogP contribution is 2.29. The highest BCUT2D eigenvalue weighted by molar-refractivity contribution is 6.03. The Labute approximate surface area is 116 Å². The molecule has 0 aromatic carbocycles. The molecule has 0 spiro atoms. The molecule has 0 bridgehead atoms. The molecule has 0 saturated carbocycles. The molecule has 3 nitrogen and oxygen atoms in total. The number of hydrogen-bond donors (Lipinski definition) is 0. The van der Waals surface area contributed by atoms with Gasteiger partial charge in [-0.05, 0) is 31.6 Å². The summed E-state index contributed by atoms with van der Waals surface area (Å²) >= 11 is 0. The van der Waals surface area contributed by atoms with Crippen LogP contribution in [-0.4, -0.2) is 23.8 Å². The summed E-state index contributed by atoms with van der Waals surface area (Å²) in [6.45, 7) is 4.20. The van der Waals surface area contributed by atoms with Crippen LogP contribution < -0.4 is 0 Å². The second-order valence-corrected chi connectivity index (χ2v) is 5.06. The van der Waals surface area contributed by atoms with Crippen molar-refractivity contribution in [3.05, 3.63) is 24.3 Å². The molecule has 0 aromatic heterocycles. The highest BCUT2D eigenvalue weighted by Gasteiger charge is 2.39. The number of allylic oxidation sites excluding steroid dienone is 4. The van der Waals surface area contributed by atoms with Crippen LogP contribution in [0, 0.1) is 11.8 Å². The van der Waals surface area contributed by atoms with Gasteiger partial charge in [0.15, 0.2) is 0 Å². The molecular formula is C16H25NO2. The van der Waals surface area contributed by atoms with Crippen LogP contribution in [0.4, 0.5) is 0 Å².